The van der Waals surface area contributed by atoms with E-state index in [9.17, 15) is 0 Å². The molecule has 1 heterocycles. The molecule has 0 spiro atoms. The van der Waals surface area contributed by atoms with Crippen molar-refractivity contribution in [2.75, 3.05) is 19.6 Å². The lowest BCUT2D eigenvalue weighted by Crippen LogP contribution is -2.41. The Morgan fingerprint density at radius 2 is 1.72 bits per heavy atom. The van der Waals surface area contributed by atoms with Crippen LogP contribution in [0.3, 0.4) is 0 Å². The topological polar surface area (TPSA) is 29.3 Å². The summed E-state index contributed by atoms with van der Waals surface area (Å²) in [5.74, 6) is 0. The summed E-state index contributed by atoms with van der Waals surface area (Å²) in [7, 11) is 0. The van der Waals surface area contributed by atoms with E-state index in [1.165, 1.54) is 42.6 Å². The standard InChI is InChI=1S/C16H26N2/c1-13-5-4-6-14(2)15(13)11-18-9-7-16(3,12-17)8-10-18/h4-6H,7-12,17H2,1-3H3. The molecule has 2 N–H and O–H groups in total. The first-order chi connectivity index (χ1) is 8.54. The van der Waals surface area contributed by atoms with Gasteiger partial charge in [0.15, 0.2) is 0 Å². The fraction of sp³-hybridized carbons (Fsp3) is 0.625. The normalized spacial score (nSPS) is 20.0. The van der Waals surface area contributed by atoms with E-state index in [0.717, 1.165) is 13.1 Å². The third-order valence-electron chi connectivity index (χ3n) is 4.58. The average molecular weight is 246 g/mol. The van der Waals surface area contributed by atoms with Crippen LogP contribution in [-0.2, 0) is 6.54 Å². The van der Waals surface area contributed by atoms with Gasteiger partial charge in [0, 0.05) is 6.54 Å². The molecule has 2 nitrogen and oxygen atoms in total. The first kappa shape index (κ1) is 13.6. The molecule has 0 unspecified atom stereocenters. The van der Waals surface area contributed by atoms with Gasteiger partial charge in [-0.05, 0) is 68.4 Å². The van der Waals surface area contributed by atoms with Crippen LogP contribution in [-0.4, -0.2) is 24.5 Å². The molecule has 1 fully saturated rings. The van der Waals surface area contributed by atoms with Crippen molar-refractivity contribution in [1.82, 2.24) is 4.90 Å². The smallest absolute Gasteiger partial charge is 0.0238 e. The number of nitrogens with zero attached hydrogens (tertiary/aromatic N) is 1. The number of nitrogens with two attached hydrogens (primary N) is 1. The summed E-state index contributed by atoms with van der Waals surface area (Å²) in [6.07, 6.45) is 2.46. The fourth-order valence-electron chi connectivity index (χ4n) is 2.78. The molecule has 0 atom stereocenters. The Labute approximate surface area is 111 Å². The Bertz CT molecular complexity index is 383. The van der Waals surface area contributed by atoms with Crippen molar-refractivity contribution in [2.45, 2.75) is 40.2 Å². The van der Waals surface area contributed by atoms with Crippen LogP contribution in [0.1, 0.15) is 36.5 Å². The van der Waals surface area contributed by atoms with Crippen LogP contribution in [0.25, 0.3) is 0 Å². The second kappa shape index (κ2) is 5.41. The summed E-state index contributed by atoms with van der Waals surface area (Å²) in [6.45, 7) is 11.0. The zero-order chi connectivity index (χ0) is 13.2. The molecule has 0 saturated carbocycles. The second-order valence-electron chi connectivity index (χ2n) is 6.16. The van der Waals surface area contributed by atoms with Crippen molar-refractivity contribution < 1.29 is 0 Å². The third kappa shape index (κ3) is 2.93. The molecule has 0 amide bonds. The highest BCUT2D eigenvalue weighted by molar-refractivity contribution is 5.33. The predicted molar refractivity (Wildman–Crippen MR) is 77.6 cm³/mol. The highest BCUT2D eigenvalue weighted by Gasteiger charge is 2.28. The van der Waals surface area contributed by atoms with Crippen molar-refractivity contribution >= 4 is 0 Å². The lowest BCUT2D eigenvalue weighted by molar-refractivity contribution is 0.119. The maximum absolute atomic E-state index is 5.87. The van der Waals surface area contributed by atoms with Crippen LogP contribution in [0.4, 0.5) is 0 Å². The summed E-state index contributed by atoms with van der Waals surface area (Å²) in [5.41, 5.74) is 10.6. The Hall–Kier alpha value is -0.860. The van der Waals surface area contributed by atoms with Crippen LogP contribution in [0.15, 0.2) is 18.2 Å². The molecule has 0 radical (unpaired) electrons. The first-order valence-corrected chi connectivity index (χ1v) is 7.02. The number of piperidine rings is 1. The molecule has 1 aliphatic rings. The highest BCUT2D eigenvalue weighted by atomic mass is 15.1. The Morgan fingerprint density at radius 1 is 1.17 bits per heavy atom. The van der Waals surface area contributed by atoms with Gasteiger partial charge in [-0.3, -0.25) is 4.90 Å². The van der Waals surface area contributed by atoms with Gasteiger partial charge in [0.05, 0.1) is 0 Å². The minimum Gasteiger partial charge on any atom is -0.330 e. The number of rotatable bonds is 3. The molecule has 18 heavy (non-hydrogen) atoms. The Kier molecular flexibility index (Phi) is 4.08. The summed E-state index contributed by atoms with van der Waals surface area (Å²) < 4.78 is 0. The summed E-state index contributed by atoms with van der Waals surface area (Å²) in [6, 6.07) is 6.59. The molecule has 0 aromatic heterocycles. The van der Waals surface area contributed by atoms with E-state index < -0.39 is 0 Å². The molecule has 1 saturated heterocycles. The lowest BCUT2D eigenvalue weighted by atomic mass is 9.80. The van der Waals surface area contributed by atoms with E-state index in [-0.39, 0.29) is 0 Å². The quantitative estimate of drug-likeness (QED) is 0.888. The second-order valence-corrected chi connectivity index (χ2v) is 6.16. The minimum absolute atomic E-state index is 0.372. The summed E-state index contributed by atoms with van der Waals surface area (Å²) in [5, 5.41) is 0. The highest BCUT2D eigenvalue weighted by Crippen LogP contribution is 2.30. The molecule has 0 aliphatic carbocycles. The van der Waals surface area contributed by atoms with Crippen LogP contribution in [0.5, 0.6) is 0 Å². The molecule has 2 heteroatoms. The fourth-order valence-corrected chi connectivity index (χ4v) is 2.78. The number of hydrogen-bond acceptors (Lipinski definition) is 2. The minimum atomic E-state index is 0.372. The summed E-state index contributed by atoms with van der Waals surface area (Å²) >= 11 is 0. The van der Waals surface area contributed by atoms with Gasteiger partial charge in [0.25, 0.3) is 0 Å². The SMILES string of the molecule is Cc1cccc(C)c1CN1CCC(C)(CN)CC1. The van der Waals surface area contributed by atoms with Gasteiger partial charge in [-0.2, -0.15) is 0 Å². The molecule has 2 rings (SSSR count). The van der Waals surface area contributed by atoms with Crippen LogP contribution < -0.4 is 5.73 Å². The van der Waals surface area contributed by atoms with Gasteiger partial charge in [0.2, 0.25) is 0 Å². The van der Waals surface area contributed by atoms with Crippen molar-refractivity contribution in [3.63, 3.8) is 0 Å². The number of hydrogen-bond donors (Lipinski definition) is 1. The molecule has 1 aromatic carbocycles. The van der Waals surface area contributed by atoms with Gasteiger partial charge in [-0.15, -0.1) is 0 Å². The van der Waals surface area contributed by atoms with Gasteiger partial charge in [-0.25, -0.2) is 0 Å². The van der Waals surface area contributed by atoms with E-state index in [4.69, 9.17) is 5.73 Å². The number of likely N-dealkylation sites (tertiary alicyclic amines) is 1. The number of aryl methyl sites for hydroxylation is 2. The van der Waals surface area contributed by atoms with Gasteiger partial charge < -0.3 is 5.73 Å². The monoisotopic (exact) mass is 246 g/mol. The largest absolute Gasteiger partial charge is 0.330 e. The van der Waals surface area contributed by atoms with E-state index in [1.807, 2.05) is 0 Å². The Balaban J connectivity index is 2.00. The molecular formula is C16H26N2. The number of benzene rings is 1. The van der Waals surface area contributed by atoms with Crippen LogP contribution in [0, 0.1) is 19.3 Å². The van der Waals surface area contributed by atoms with Gasteiger partial charge >= 0.3 is 0 Å². The van der Waals surface area contributed by atoms with Crippen LogP contribution >= 0.6 is 0 Å². The third-order valence-corrected chi connectivity index (χ3v) is 4.58. The van der Waals surface area contributed by atoms with Crippen molar-refractivity contribution in [3.8, 4) is 0 Å². The van der Waals surface area contributed by atoms with Crippen molar-refractivity contribution in [2.24, 2.45) is 11.1 Å². The zero-order valence-electron chi connectivity index (χ0n) is 12.0. The zero-order valence-corrected chi connectivity index (χ0v) is 12.0. The van der Waals surface area contributed by atoms with Gasteiger partial charge in [-0.1, -0.05) is 25.1 Å². The molecule has 0 bridgehead atoms. The van der Waals surface area contributed by atoms with Crippen LogP contribution in [0.2, 0.25) is 0 Å². The molecule has 1 aromatic rings. The predicted octanol–water partition coefficient (Wildman–Crippen LogP) is 2.86. The molecule has 1 aliphatic heterocycles. The molecule has 100 valence electrons. The Morgan fingerprint density at radius 3 is 2.22 bits per heavy atom. The maximum atomic E-state index is 5.87. The van der Waals surface area contributed by atoms with Gasteiger partial charge in [0.1, 0.15) is 0 Å². The first-order valence-electron chi connectivity index (χ1n) is 7.02. The van der Waals surface area contributed by atoms with E-state index in [1.54, 1.807) is 0 Å². The van der Waals surface area contributed by atoms with E-state index in [0.29, 0.717) is 5.41 Å². The molecular weight excluding hydrogens is 220 g/mol. The van der Waals surface area contributed by atoms with E-state index in [2.05, 4.69) is 43.9 Å². The van der Waals surface area contributed by atoms with Crippen molar-refractivity contribution in [1.29, 1.82) is 0 Å². The average Bonchev–Trinajstić information content (AvgIpc) is 2.36. The summed E-state index contributed by atoms with van der Waals surface area (Å²) in [4.78, 5) is 2.58. The lowest BCUT2D eigenvalue weighted by Gasteiger charge is -2.39. The maximum Gasteiger partial charge on any atom is 0.0238 e. The van der Waals surface area contributed by atoms with Crippen molar-refractivity contribution in [3.05, 3.63) is 34.9 Å². The van der Waals surface area contributed by atoms with E-state index >= 15 is 0 Å².